The van der Waals surface area contributed by atoms with Gasteiger partial charge in [-0.3, -0.25) is 5.43 Å². The number of aliphatic hydroxyl groups excluding tert-OH is 2. The zero-order valence-corrected chi connectivity index (χ0v) is 9.42. The molecular formula is C8H16N6O3. The van der Waals surface area contributed by atoms with Crippen LogP contribution in [0.5, 0.6) is 6.01 Å². The highest BCUT2D eigenvalue weighted by Crippen LogP contribution is 2.10. The maximum atomic E-state index is 9.16. The predicted molar refractivity (Wildman–Crippen MR) is 60.4 cm³/mol. The molecule has 0 radical (unpaired) electrons. The summed E-state index contributed by atoms with van der Waals surface area (Å²) in [6.45, 7) is 1.96. The van der Waals surface area contributed by atoms with Crippen molar-refractivity contribution in [3.63, 3.8) is 0 Å². The highest BCUT2D eigenvalue weighted by molar-refractivity contribution is 5.34. The minimum Gasteiger partial charge on any atom is -0.464 e. The van der Waals surface area contributed by atoms with Crippen LogP contribution in [-0.4, -0.2) is 51.0 Å². The number of aromatic nitrogens is 3. The Morgan fingerprint density at radius 1 is 1.35 bits per heavy atom. The summed E-state index contributed by atoms with van der Waals surface area (Å²) in [5, 5.41) is 20.5. The molecule has 0 fully saturated rings. The maximum Gasteiger partial charge on any atom is 0.323 e. The number of hydrazine groups is 1. The summed E-state index contributed by atoms with van der Waals surface area (Å²) in [6.07, 6.45) is -0.892. The minimum absolute atomic E-state index is 0.107. The first-order valence-corrected chi connectivity index (χ1v) is 5.07. The van der Waals surface area contributed by atoms with Gasteiger partial charge in [-0.1, -0.05) is 0 Å². The molecule has 0 aliphatic carbocycles. The molecule has 17 heavy (non-hydrogen) atoms. The average molecular weight is 244 g/mol. The minimum atomic E-state index is -0.892. The van der Waals surface area contributed by atoms with Gasteiger partial charge in [0.1, 0.15) is 0 Å². The molecule has 0 aliphatic rings. The molecule has 0 aromatic carbocycles. The van der Waals surface area contributed by atoms with Crippen LogP contribution in [-0.2, 0) is 0 Å². The summed E-state index contributed by atoms with van der Waals surface area (Å²) in [4.78, 5) is 11.7. The Bertz CT molecular complexity index is 350. The Morgan fingerprint density at radius 2 is 2.06 bits per heavy atom. The summed E-state index contributed by atoms with van der Waals surface area (Å²) in [6, 6.07) is 0.122. The lowest BCUT2D eigenvalue weighted by Gasteiger charge is -2.10. The van der Waals surface area contributed by atoms with Crippen molar-refractivity contribution < 1.29 is 14.9 Å². The van der Waals surface area contributed by atoms with Crippen LogP contribution in [0.4, 0.5) is 11.9 Å². The molecule has 1 unspecified atom stereocenters. The van der Waals surface area contributed by atoms with Gasteiger partial charge in [0.25, 0.3) is 0 Å². The summed E-state index contributed by atoms with van der Waals surface area (Å²) >= 11 is 0. The summed E-state index contributed by atoms with van der Waals surface area (Å²) in [7, 11) is 0. The third kappa shape index (κ3) is 4.34. The monoisotopic (exact) mass is 244 g/mol. The van der Waals surface area contributed by atoms with E-state index in [1.807, 2.05) is 0 Å². The maximum absolute atomic E-state index is 9.16. The molecule has 9 heteroatoms. The number of ether oxygens (including phenoxy) is 1. The van der Waals surface area contributed by atoms with Gasteiger partial charge in [0.15, 0.2) is 0 Å². The number of aliphatic hydroxyl groups is 2. The van der Waals surface area contributed by atoms with Crippen LogP contribution in [0.1, 0.15) is 6.92 Å². The number of hydrogen-bond donors (Lipinski definition) is 5. The standard InChI is InChI=1S/C8H16N6O3/c1-2-17-8-12-6(10-3-5(16)4-15)11-7(13-8)14-9/h5,15-16H,2-4,9H2,1H3,(H2,10,11,12,13,14). The van der Waals surface area contributed by atoms with E-state index in [0.29, 0.717) is 6.61 Å². The van der Waals surface area contributed by atoms with Crippen LogP contribution in [0.25, 0.3) is 0 Å². The molecule has 0 saturated carbocycles. The molecule has 1 aromatic rings. The van der Waals surface area contributed by atoms with Crippen molar-refractivity contribution in [1.82, 2.24) is 15.0 Å². The van der Waals surface area contributed by atoms with Crippen LogP contribution in [0.15, 0.2) is 0 Å². The molecule has 9 nitrogen and oxygen atoms in total. The van der Waals surface area contributed by atoms with Gasteiger partial charge < -0.3 is 20.3 Å². The average Bonchev–Trinajstić information content (AvgIpc) is 2.36. The van der Waals surface area contributed by atoms with E-state index in [9.17, 15) is 0 Å². The van der Waals surface area contributed by atoms with E-state index in [0.717, 1.165) is 0 Å². The zero-order chi connectivity index (χ0) is 12.7. The zero-order valence-electron chi connectivity index (χ0n) is 9.42. The number of anilines is 2. The lowest BCUT2D eigenvalue weighted by atomic mass is 10.4. The van der Waals surface area contributed by atoms with E-state index in [4.69, 9.17) is 20.8 Å². The van der Waals surface area contributed by atoms with E-state index in [2.05, 4.69) is 25.7 Å². The van der Waals surface area contributed by atoms with Crippen LogP contribution in [0, 0.1) is 0 Å². The van der Waals surface area contributed by atoms with Crippen molar-refractivity contribution in [2.45, 2.75) is 13.0 Å². The molecule has 1 aromatic heterocycles. The van der Waals surface area contributed by atoms with Crippen molar-refractivity contribution in [3.05, 3.63) is 0 Å². The van der Waals surface area contributed by atoms with E-state index >= 15 is 0 Å². The molecule has 6 N–H and O–H groups in total. The molecule has 0 bridgehead atoms. The molecule has 1 heterocycles. The Morgan fingerprint density at radius 3 is 2.65 bits per heavy atom. The largest absolute Gasteiger partial charge is 0.464 e. The number of nitrogen functional groups attached to an aromatic ring is 1. The topological polar surface area (TPSA) is 138 Å². The van der Waals surface area contributed by atoms with Gasteiger partial charge in [-0.2, -0.15) is 15.0 Å². The second-order valence-corrected chi connectivity index (χ2v) is 3.06. The van der Waals surface area contributed by atoms with Gasteiger partial charge in [0.2, 0.25) is 11.9 Å². The predicted octanol–water partition coefficient (Wildman–Crippen LogP) is -1.68. The fourth-order valence-electron chi connectivity index (χ4n) is 0.967. The third-order valence-electron chi connectivity index (χ3n) is 1.72. The van der Waals surface area contributed by atoms with E-state index in [1.54, 1.807) is 6.92 Å². The van der Waals surface area contributed by atoms with Crippen LogP contribution >= 0.6 is 0 Å². The summed E-state index contributed by atoms with van der Waals surface area (Å²) in [5.74, 6) is 5.53. The van der Waals surface area contributed by atoms with Crippen LogP contribution in [0.2, 0.25) is 0 Å². The highest BCUT2D eigenvalue weighted by Gasteiger charge is 2.08. The number of nitrogens with two attached hydrogens (primary N) is 1. The second kappa shape index (κ2) is 6.78. The van der Waals surface area contributed by atoms with Crippen molar-refractivity contribution in [3.8, 4) is 6.01 Å². The van der Waals surface area contributed by atoms with E-state index in [-0.39, 0.29) is 31.1 Å². The highest BCUT2D eigenvalue weighted by atomic mass is 16.5. The number of nitrogens with one attached hydrogen (secondary N) is 2. The molecule has 1 rings (SSSR count). The SMILES string of the molecule is CCOc1nc(NN)nc(NCC(O)CO)n1. The normalized spacial score (nSPS) is 12.0. The first-order valence-electron chi connectivity index (χ1n) is 5.07. The van der Waals surface area contributed by atoms with E-state index in [1.165, 1.54) is 0 Å². The smallest absolute Gasteiger partial charge is 0.323 e. The van der Waals surface area contributed by atoms with Crippen molar-refractivity contribution >= 4 is 11.9 Å². The molecule has 0 saturated heterocycles. The first-order chi connectivity index (χ1) is 8.19. The Kier molecular flexibility index (Phi) is 5.33. The molecule has 0 spiro atoms. The fraction of sp³-hybridized carbons (Fsp3) is 0.625. The second-order valence-electron chi connectivity index (χ2n) is 3.06. The lowest BCUT2D eigenvalue weighted by Crippen LogP contribution is -2.24. The Hall–Kier alpha value is -1.71. The van der Waals surface area contributed by atoms with Gasteiger partial charge in [-0.05, 0) is 6.92 Å². The van der Waals surface area contributed by atoms with Gasteiger partial charge in [-0.25, -0.2) is 5.84 Å². The van der Waals surface area contributed by atoms with Crippen molar-refractivity contribution in [1.29, 1.82) is 0 Å². The molecule has 0 aliphatic heterocycles. The van der Waals surface area contributed by atoms with Crippen molar-refractivity contribution in [2.75, 3.05) is 30.5 Å². The van der Waals surface area contributed by atoms with Crippen LogP contribution in [0.3, 0.4) is 0 Å². The van der Waals surface area contributed by atoms with Gasteiger partial charge >= 0.3 is 6.01 Å². The molecule has 0 amide bonds. The molecule has 1 atom stereocenters. The quantitative estimate of drug-likeness (QED) is 0.281. The summed E-state index contributed by atoms with van der Waals surface area (Å²) in [5.41, 5.74) is 2.27. The van der Waals surface area contributed by atoms with Gasteiger partial charge in [0.05, 0.1) is 19.3 Å². The third-order valence-corrected chi connectivity index (χ3v) is 1.72. The van der Waals surface area contributed by atoms with Gasteiger partial charge in [-0.15, -0.1) is 0 Å². The van der Waals surface area contributed by atoms with E-state index < -0.39 is 6.10 Å². The molecular weight excluding hydrogens is 228 g/mol. The number of hydrogen-bond acceptors (Lipinski definition) is 9. The Labute approximate surface area is 98.0 Å². The fourth-order valence-corrected chi connectivity index (χ4v) is 0.967. The first kappa shape index (κ1) is 13.4. The molecule has 96 valence electrons. The van der Waals surface area contributed by atoms with Crippen molar-refractivity contribution in [2.24, 2.45) is 5.84 Å². The number of rotatable bonds is 7. The lowest BCUT2D eigenvalue weighted by molar-refractivity contribution is 0.105. The summed E-state index contributed by atoms with van der Waals surface area (Å²) < 4.78 is 5.11. The van der Waals surface area contributed by atoms with Crippen LogP contribution < -0.4 is 21.3 Å². The number of nitrogens with zero attached hydrogens (tertiary/aromatic N) is 3. The Balaban J connectivity index is 2.72. The van der Waals surface area contributed by atoms with Gasteiger partial charge in [0, 0.05) is 6.54 Å².